The molecule has 0 bridgehead atoms. The average Bonchev–Trinajstić information content (AvgIpc) is 2.45. The molecular formula is C16H17ClFNO2. The average molecular weight is 310 g/mol. The Balaban J connectivity index is 2.24. The van der Waals surface area contributed by atoms with Crippen LogP contribution in [-0.4, -0.2) is 7.11 Å². The van der Waals surface area contributed by atoms with Crippen LogP contribution in [0, 0.1) is 5.82 Å². The van der Waals surface area contributed by atoms with E-state index >= 15 is 0 Å². The molecule has 2 N–H and O–H groups in total. The van der Waals surface area contributed by atoms with E-state index in [2.05, 4.69) is 0 Å². The summed E-state index contributed by atoms with van der Waals surface area (Å²) in [7, 11) is 1.57. The summed E-state index contributed by atoms with van der Waals surface area (Å²) in [5.74, 6) is 0.720. The van der Waals surface area contributed by atoms with Crippen molar-refractivity contribution in [3.8, 4) is 11.5 Å². The molecule has 2 rings (SSSR count). The first-order valence-electron chi connectivity index (χ1n) is 6.51. The Morgan fingerprint density at radius 2 is 1.95 bits per heavy atom. The normalized spacial score (nSPS) is 12.0. The molecule has 0 aromatic heterocycles. The van der Waals surface area contributed by atoms with Gasteiger partial charge in [-0.2, -0.15) is 0 Å². The van der Waals surface area contributed by atoms with Gasteiger partial charge in [-0.25, -0.2) is 4.39 Å². The van der Waals surface area contributed by atoms with Gasteiger partial charge in [-0.05, 0) is 31.2 Å². The summed E-state index contributed by atoms with van der Waals surface area (Å²) >= 11 is 5.97. The Morgan fingerprint density at radius 1 is 1.19 bits per heavy atom. The summed E-state index contributed by atoms with van der Waals surface area (Å²) in [5, 5.41) is 0.584. The Bertz CT molecular complexity index is 632. The molecule has 0 aliphatic heterocycles. The van der Waals surface area contributed by atoms with E-state index in [-0.39, 0.29) is 18.5 Å². The van der Waals surface area contributed by atoms with Gasteiger partial charge < -0.3 is 15.2 Å². The largest absolute Gasteiger partial charge is 0.496 e. The fourth-order valence-electron chi connectivity index (χ4n) is 2.02. The number of hydrogen-bond donors (Lipinski definition) is 1. The van der Waals surface area contributed by atoms with E-state index in [1.54, 1.807) is 31.4 Å². The summed E-state index contributed by atoms with van der Waals surface area (Å²) in [4.78, 5) is 0. The molecule has 0 saturated carbocycles. The molecule has 2 aromatic rings. The van der Waals surface area contributed by atoms with Gasteiger partial charge >= 0.3 is 0 Å². The monoisotopic (exact) mass is 309 g/mol. The fraction of sp³-hybridized carbons (Fsp3) is 0.250. The van der Waals surface area contributed by atoms with Crippen molar-refractivity contribution < 1.29 is 13.9 Å². The van der Waals surface area contributed by atoms with Crippen LogP contribution in [0.2, 0.25) is 5.02 Å². The van der Waals surface area contributed by atoms with Crippen molar-refractivity contribution in [3.05, 3.63) is 58.4 Å². The minimum Gasteiger partial charge on any atom is -0.496 e. The molecule has 0 saturated heterocycles. The second-order valence-corrected chi connectivity index (χ2v) is 5.15. The Labute approximate surface area is 128 Å². The molecule has 112 valence electrons. The first-order valence-corrected chi connectivity index (χ1v) is 6.89. The van der Waals surface area contributed by atoms with Crippen LogP contribution in [0.5, 0.6) is 11.5 Å². The van der Waals surface area contributed by atoms with E-state index in [1.807, 2.05) is 6.92 Å². The Hall–Kier alpha value is -1.78. The molecule has 0 aliphatic carbocycles. The lowest BCUT2D eigenvalue weighted by atomic mass is 10.1. The van der Waals surface area contributed by atoms with Crippen molar-refractivity contribution in [3.63, 3.8) is 0 Å². The Morgan fingerprint density at radius 3 is 2.62 bits per heavy atom. The standard InChI is InChI=1S/C16H17ClFNO2/c1-10(19)14-5-4-13(18)8-16(14)21-9-11-7-12(17)3-6-15(11)20-2/h3-8,10H,9,19H2,1-2H3. The highest BCUT2D eigenvalue weighted by molar-refractivity contribution is 6.30. The minimum absolute atomic E-state index is 0.215. The molecule has 1 atom stereocenters. The van der Waals surface area contributed by atoms with Gasteiger partial charge in [0.05, 0.1) is 7.11 Å². The zero-order chi connectivity index (χ0) is 15.4. The molecule has 5 heteroatoms. The quantitative estimate of drug-likeness (QED) is 0.905. The maximum Gasteiger partial charge on any atom is 0.127 e. The summed E-state index contributed by atoms with van der Waals surface area (Å²) < 4.78 is 24.3. The summed E-state index contributed by atoms with van der Waals surface area (Å²) in [6.07, 6.45) is 0. The summed E-state index contributed by atoms with van der Waals surface area (Å²) in [5.41, 5.74) is 7.40. The number of ether oxygens (including phenoxy) is 2. The topological polar surface area (TPSA) is 44.5 Å². The Kier molecular flexibility index (Phi) is 5.04. The third kappa shape index (κ3) is 3.86. The number of benzene rings is 2. The van der Waals surface area contributed by atoms with Gasteiger partial charge in [0.2, 0.25) is 0 Å². The number of halogens is 2. The van der Waals surface area contributed by atoms with Crippen LogP contribution >= 0.6 is 11.6 Å². The molecule has 2 aromatic carbocycles. The molecule has 1 unspecified atom stereocenters. The van der Waals surface area contributed by atoms with E-state index in [4.69, 9.17) is 26.8 Å². The van der Waals surface area contributed by atoms with E-state index in [9.17, 15) is 4.39 Å². The van der Waals surface area contributed by atoms with Gasteiger partial charge in [0, 0.05) is 28.3 Å². The molecule has 21 heavy (non-hydrogen) atoms. The highest BCUT2D eigenvalue weighted by Crippen LogP contribution is 2.28. The lowest BCUT2D eigenvalue weighted by molar-refractivity contribution is 0.291. The SMILES string of the molecule is COc1ccc(Cl)cc1COc1cc(F)ccc1C(C)N. The van der Waals surface area contributed by atoms with Crippen LogP contribution in [0.15, 0.2) is 36.4 Å². The predicted molar refractivity (Wildman–Crippen MR) is 81.3 cm³/mol. The van der Waals surface area contributed by atoms with Crippen LogP contribution in [-0.2, 0) is 6.61 Å². The third-order valence-electron chi connectivity index (χ3n) is 3.09. The van der Waals surface area contributed by atoms with Gasteiger partial charge in [-0.15, -0.1) is 0 Å². The van der Waals surface area contributed by atoms with Crippen molar-refractivity contribution in [2.75, 3.05) is 7.11 Å². The molecule has 3 nitrogen and oxygen atoms in total. The smallest absolute Gasteiger partial charge is 0.127 e. The number of methoxy groups -OCH3 is 1. The first-order chi connectivity index (χ1) is 10.0. The maximum absolute atomic E-state index is 13.4. The van der Waals surface area contributed by atoms with Crippen molar-refractivity contribution in [2.45, 2.75) is 19.6 Å². The van der Waals surface area contributed by atoms with Gasteiger partial charge in [0.25, 0.3) is 0 Å². The van der Waals surface area contributed by atoms with Crippen LogP contribution in [0.3, 0.4) is 0 Å². The van der Waals surface area contributed by atoms with Crippen molar-refractivity contribution in [1.82, 2.24) is 0 Å². The van der Waals surface area contributed by atoms with E-state index in [1.165, 1.54) is 12.1 Å². The van der Waals surface area contributed by atoms with E-state index < -0.39 is 0 Å². The summed E-state index contributed by atoms with van der Waals surface area (Å²) in [6.45, 7) is 2.03. The van der Waals surface area contributed by atoms with Crippen molar-refractivity contribution in [1.29, 1.82) is 0 Å². The van der Waals surface area contributed by atoms with Gasteiger partial charge in [-0.1, -0.05) is 17.7 Å². The predicted octanol–water partition coefficient (Wildman–Crippen LogP) is 4.09. The van der Waals surface area contributed by atoms with Gasteiger partial charge in [-0.3, -0.25) is 0 Å². The third-order valence-corrected chi connectivity index (χ3v) is 3.33. The van der Waals surface area contributed by atoms with E-state index in [0.717, 1.165) is 11.1 Å². The van der Waals surface area contributed by atoms with Gasteiger partial charge in [0.1, 0.15) is 23.9 Å². The van der Waals surface area contributed by atoms with Crippen molar-refractivity contribution >= 4 is 11.6 Å². The maximum atomic E-state index is 13.4. The van der Waals surface area contributed by atoms with Crippen LogP contribution < -0.4 is 15.2 Å². The number of hydrogen-bond acceptors (Lipinski definition) is 3. The van der Waals surface area contributed by atoms with Crippen molar-refractivity contribution in [2.24, 2.45) is 5.73 Å². The molecule has 0 fully saturated rings. The molecule has 0 amide bonds. The molecule has 0 heterocycles. The molecular weight excluding hydrogens is 293 g/mol. The van der Waals surface area contributed by atoms with Crippen LogP contribution in [0.4, 0.5) is 4.39 Å². The molecule has 0 spiro atoms. The second-order valence-electron chi connectivity index (χ2n) is 4.72. The number of nitrogens with two attached hydrogens (primary N) is 1. The second kappa shape index (κ2) is 6.78. The highest BCUT2D eigenvalue weighted by atomic mass is 35.5. The van der Waals surface area contributed by atoms with E-state index in [0.29, 0.717) is 16.5 Å². The zero-order valence-electron chi connectivity index (χ0n) is 11.9. The van der Waals surface area contributed by atoms with Crippen LogP contribution in [0.1, 0.15) is 24.1 Å². The minimum atomic E-state index is -0.368. The summed E-state index contributed by atoms with van der Waals surface area (Å²) in [6, 6.07) is 9.33. The lowest BCUT2D eigenvalue weighted by Crippen LogP contribution is -2.08. The zero-order valence-corrected chi connectivity index (χ0v) is 12.7. The van der Waals surface area contributed by atoms with Crippen LogP contribution in [0.25, 0.3) is 0 Å². The fourth-order valence-corrected chi connectivity index (χ4v) is 2.22. The molecule has 0 aliphatic rings. The first kappa shape index (κ1) is 15.6. The van der Waals surface area contributed by atoms with Gasteiger partial charge in [0.15, 0.2) is 0 Å². The lowest BCUT2D eigenvalue weighted by Gasteiger charge is -2.15. The highest BCUT2D eigenvalue weighted by Gasteiger charge is 2.11. The molecule has 0 radical (unpaired) electrons. The number of rotatable bonds is 5.